The molecule has 1 N–H and O–H groups in total. The second kappa shape index (κ2) is 6.19. The van der Waals surface area contributed by atoms with Crippen molar-refractivity contribution in [1.82, 2.24) is 5.43 Å². The molecule has 1 aromatic carbocycles. The highest BCUT2D eigenvalue weighted by molar-refractivity contribution is 9.10. The Balaban J connectivity index is 2.52. The average Bonchev–Trinajstić information content (AvgIpc) is 2.21. The van der Waals surface area contributed by atoms with Gasteiger partial charge in [0.25, 0.3) is 0 Å². The van der Waals surface area contributed by atoms with E-state index in [1.807, 2.05) is 24.3 Å². The van der Waals surface area contributed by atoms with E-state index < -0.39 is 6.09 Å². The fraction of sp³-hybridized carbons (Fsp3) is 0.200. The van der Waals surface area contributed by atoms with E-state index in [2.05, 4.69) is 31.2 Å². The molecular formula is C10H11BrN2O2. The lowest BCUT2D eigenvalue weighted by molar-refractivity contribution is 0.152. The van der Waals surface area contributed by atoms with Crippen molar-refractivity contribution in [2.24, 2.45) is 5.10 Å². The molecule has 0 bridgehead atoms. The minimum Gasteiger partial charge on any atom is -0.449 e. The number of nitrogens with one attached hydrogen (secondary N) is 1. The summed E-state index contributed by atoms with van der Waals surface area (Å²) in [6, 6.07) is 7.56. The summed E-state index contributed by atoms with van der Waals surface area (Å²) in [5.41, 5.74) is 3.13. The first-order valence-corrected chi connectivity index (χ1v) is 5.23. The SMILES string of the molecule is CCOC(=O)NN=Cc1ccccc1Br. The number of amides is 1. The Morgan fingerprint density at radius 2 is 2.33 bits per heavy atom. The highest BCUT2D eigenvalue weighted by Gasteiger charge is 1.96. The Morgan fingerprint density at radius 3 is 3.00 bits per heavy atom. The number of hydrazone groups is 1. The summed E-state index contributed by atoms with van der Waals surface area (Å²) in [4.78, 5) is 10.9. The smallest absolute Gasteiger partial charge is 0.427 e. The molecule has 0 saturated heterocycles. The Morgan fingerprint density at radius 1 is 1.60 bits per heavy atom. The quantitative estimate of drug-likeness (QED) is 0.678. The average molecular weight is 271 g/mol. The maximum atomic E-state index is 10.9. The monoisotopic (exact) mass is 270 g/mol. The van der Waals surface area contributed by atoms with Crippen molar-refractivity contribution in [1.29, 1.82) is 0 Å². The number of halogens is 1. The van der Waals surface area contributed by atoms with Gasteiger partial charge in [-0.15, -0.1) is 0 Å². The third kappa shape index (κ3) is 4.12. The molecule has 0 aliphatic rings. The summed E-state index contributed by atoms with van der Waals surface area (Å²) in [6.07, 6.45) is 0.988. The Bertz CT molecular complexity index is 366. The van der Waals surface area contributed by atoms with Gasteiger partial charge in [0.2, 0.25) is 0 Å². The van der Waals surface area contributed by atoms with E-state index in [-0.39, 0.29) is 0 Å². The summed E-state index contributed by atoms with van der Waals surface area (Å²) in [5.74, 6) is 0. The van der Waals surface area contributed by atoms with Gasteiger partial charge in [-0.1, -0.05) is 34.1 Å². The van der Waals surface area contributed by atoms with Crippen molar-refractivity contribution in [3.05, 3.63) is 34.3 Å². The van der Waals surface area contributed by atoms with Gasteiger partial charge in [-0.25, -0.2) is 10.2 Å². The number of nitrogens with zero attached hydrogens (tertiary/aromatic N) is 1. The normalized spacial score (nSPS) is 10.3. The third-order valence-electron chi connectivity index (χ3n) is 1.54. The number of hydrogen-bond donors (Lipinski definition) is 1. The number of carbonyl (C=O) groups is 1. The van der Waals surface area contributed by atoms with E-state index in [0.717, 1.165) is 10.0 Å². The summed E-state index contributed by atoms with van der Waals surface area (Å²) in [7, 11) is 0. The zero-order valence-electron chi connectivity index (χ0n) is 8.24. The molecule has 0 aromatic heterocycles. The molecule has 5 heteroatoms. The van der Waals surface area contributed by atoms with Gasteiger partial charge in [0.15, 0.2) is 0 Å². The van der Waals surface area contributed by atoms with E-state index in [1.54, 1.807) is 13.1 Å². The molecule has 1 aromatic rings. The molecule has 1 rings (SSSR count). The molecule has 15 heavy (non-hydrogen) atoms. The number of benzene rings is 1. The van der Waals surface area contributed by atoms with Crippen LogP contribution in [-0.2, 0) is 4.74 Å². The molecule has 0 radical (unpaired) electrons. The second-order valence-corrected chi connectivity index (χ2v) is 3.47. The van der Waals surface area contributed by atoms with Crippen molar-refractivity contribution in [2.75, 3.05) is 6.61 Å². The lowest BCUT2D eigenvalue weighted by Crippen LogP contribution is -2.18. The molecule has 0 aliphatic carbocycles. The van der Waals surface area contributed by atoms with E-state index in [1.165, 1.54) is 0 Å². The van der Waals surface area contributed by atoms with Crippen molar-refractivity contribution >= 4 is 28.2 Å². The van der Waals surface area contributed by atoms with Crippen LogP contribution in [0.25, 0.3) is 0 Å². The Hall–Kier alpha value is -1.36. The molecule has 0 spiro atoms. The van der Waals surface area contributed by atoms with Gasteiger partial charge < -0.3 is 4.74 Å². The number of ether oxygens (including phenoxy) is 1. The molecule has 0 unspecified atom stereocenters. The molecule has 0 atom stereocenters. The highest BCUT2D eigenvalue weighted by Crippen LogP contribution is 2.13. The van der Waals surface area contributed by atoms with Gasteiger partial charge in [0, 0.05) is 10.0 Å². The van der Waals surface area contributed by atoms with Crippen LogP contribution in [0.15, 0.2) is 33.8 Å². The maximum absolute atomic E-state index is 10.9. The number of hydrogen-bond acceptors (Lipinski definition) is 3. The van der Waals surface area contributed by atoms with Gasteiger partial charge in [-0.2, -0.15) is 5.10 Å². The molecule has 0 heterocycles. The molecule has 4 nitrogen and oxygen atoms in total. The lowest BCUT2D eigenvalue weighted by atomic mass is 10.2. The van der Waals surface area contributed by atoms with Gasteiger partial charge in [-0.3, -0.25) is 0 Å². The second-order valence-electron chi connectivity index (χ2n) is 2.61. The van der Waals surface area contributed by atoms with Gasteiger partial charge in [0.1, 0.15) is 0 Å². The summed E-state index contributed by atoms with van der Waals surface area (Å²) >= 11 is 3.36. The van der Waals surface area contributed by atoms with E-state index in [4.69, 9.17) is 0 Å². The van der Waals surface area contributed by atoms with Crippen molar-refractivity contribution in [2.45, 2.75) is 6.92 Å². The first-order chi connectivity index (χ1) is 7.24. The molecule has 80 valence electrons. The van der Waals surface area contributed by atoms with Crippen LogP contribution < -0.4 is 5.43 Å². The van der Waals surface area contributed by atoms with Crippen LogP contribution in [-0.4, -0.2) is 18.9 Å². The van der Waals surface area contributed by atoms with Gasteiger partial charge >= 0.3 is 6.09 Å². The van der Waals surface area contributed by atoms with E-state index in [0.29, 0.717) is 6.61 Å². The Labute approximate surface area is 96.4 Å². The first kappa shape index (κ1) is 11.7. The maximum Gasteiger partial charge on any atom is 0.427 e. The fourth-order valence-electron chi connectivity index (χ4n) is 0.898. The number of rotatable bonds is 3. The fourth-order valence-corrected chi connectivity index (χ4v) is 1.28. The van der Waals surface area contributed by atoms with Gasteiger partial charge in [-0.05, 0) is 13.0 Å². The van der Waals surface area contributed by atoms with E-state index in [9.17, 15) is 4.79 Å². The van der Waals surface area contributed by atoms with Crippen molar-refractivity contribution in [3.8, 4) is 0 Å². The predicted octanol–water partition coefficient (Wildman–Crippen LogP) is 2.53. The highest BCUT2D eigenvalue weighted by atomic mass is 79.9. The summed E-state index contributed by atoms with van der Waals surface area (Å²) in [5, 5.41) is 3.74. The lowest BCUT2D eigenvalue weighted by Gasteiger charge is -1.99. The Kier molecular flexibility index (Phi) is 4.83. The van der Waals surface area contributed by atoms with Crippen LogP contribution in [0, 0.1) is 0 Å². The van der Waals surface area contributed by atoms with Crippen LogP contribution in [0.1, 0.15) is 12.5 Å². The third-order valence-corrected chi connectivity index (χ3v) is 2.26. The standard InChI is InChI=1S/C10H11BrN2O2/c1-2-15-10(14)13-12-7-8-5-3-4-6-9(8)11/h3-7H,2H2,1H3,(H,13,14). The minimum atomic E-state index is -0.555. The van der Waals surface area contributed by atoms with Crippen LogP contribution in [0.3, 0.4) is 0 Å². The molecule has 0 saturated carbocycles. The van der Waals surface area contributed by atoms with Gasteiger partial charge in [0.05, 0.1) is 12.8 Å². The van der Waals surface area contributed by atoms with Crippen LogP contribution in [0.4, 0.5) is 4.79 Å². The van der Waals surface area contributed by atoms with Crippen LogP contribution >= 0.6 is 15.9 Å². The number of carbonyl (C=O) groups excluding carboxylic acids is 1. The van der Waals surface area contributed by atoms with Crippen molar-refractivity contribution in [3.63, 3.8) is 0 Å². The topological polar surface area (TPSA) is 50.7 Å². The first-order valence-electron chi connectivity index (χ1n) is 4.44. The molecule has 0 fully saturated rings. The molecular weight excluding hydrogens is 260 g/mol. The summed E-state index contributed by atoms with van der Waals surface area (Å²) < 4.78 is 5.55. The summed E-state index contributed by atoms with van der Waals surface area (Å²) in [6.45, 7) is 2.06. The largest absolute Gasteiger partial charge is 0.449 e. The zero-order valence-corrected chi connectivity index (χ0v) is 9.82. The minimum absolute atomic E-state index is 0.330. The van der Waals surface area contributed by atoms with Crippen LogP contribution in [0.2, 0.25) is 0 Å². The zero-order chi connectivity index (χ0) is 11.1. The molecule has 0 aliphatic heterocycles. The van der Waals surface area contributed by atoms with Crippen LogP contribution in [0.5, 0.6) is 0 Å². The van der Waals surface area contributed by atoms with E-state index >= 15 is 0 Å². The van der Waals surface area contributed by atoms with Crippen molar-refractivity contribution < 1.29 is 9.53 Å². The molecule has 1 amide bonds. The predicted molar refractivity (Wildman–Crippen MR) is 61.9 cm³/mol.